The van der Waals surface area contributed by atoms with Crippen LogP contribution in [0.3, 0.4) is 0 Å². The van der Waals surface area contributed by atoms with E-state index in [2.05, 4.69) is 17.3 Å². The minimum Gasteiger partial charge on any atom is -0.483 e. The Morgan fingerprint density at radius 1 is 1.08 bits per heavy atom. The molecule has 4 rings (SSSR count). The van der Waals surface area contributed by atoms with Gasteiger partial charge in [0.1, 0.15) is 22.5 Å². The lowest BCUT2D eigenvalue weighted by molar-refractivity contribution is 0.289. The SMILES string of the molecule is Cc1ccc(S(=O)(=O)O/N=C2/c3ccc4c(c3OC2C)=CCCC=4)cc1. The fraction of sp³-hybridized carbons (Fsp3) is 0.250. The smallest absolute Gasteiger partial charge is 0.358 e. The van der Waals surface area contributed by atoms with Crippen molar-refractivity contribution in [1.82, 2.24) is 0 Å². The van der Waals surface area contributed by atoms with Crippen LogP contribution in [0.1, 0.15) is 30.9 Å². The second-order valence-corrected chi connectivity index (χ2v) is 8.04. The molecular weight excluding hydrogens is 350 g/mol. The molecule has 6 heteroatoms. The topological polar surface area (TPSA) is 65.0 Å². The Hall–Kier alpha value is -2.60. The molecule has 0 radical (unpaired) electrons. The van der Waals surface area contributed by atoms with E-state index in [-0.39, 0.29) is 11.0 Å². The third-order valence-corrected chi connectivity index (χ3v) is 5.73. The second kappa shape index (κ2) is 6.29. The summed E-state index contributed by atoms with van der Waals surface area (Å²) in [6.07, 6.45) is 5.93. The highest BCUT2D eigenvalue weighted by atomic mass is 32.2. The summed E-state index contributed by atoms with van der Waals surface area (Å²) in [5, 5.41) is 6.13. The standard InChI is InChI=1S/C20H19NO4S/c1-13-7-10-16(11-8-13)26(22,23)25-21-19-14(2)24-20-17-6-4-3-5-15(17)9-12-18(19)20/h5-12,14H,3-4H2,1-2H3/b21-19+. The van der Waals surface area contributed by atoms with Crippen LogP contribution in [0.5, 0.6) is 5.75 Å². The van der Waals surface area contributed by atoms with Crippen LogP contribution in [-0.4, -0.2) is 20.2 Å². The minimum atomic E-state index is -3.96. The van der Waals surface area contributed by atoms with Crippen molar-refractivity contribution in [3.8, 4) is 5.75 Å². The van der Waals surface area contributed by atoms with E-state index in [4.69, 9.17) is 9.02 Å². The van der Waals surface area contributed by atoms with Gasteiger partial charge >= 0.3 is 10.1 Å². The first-order chi connectivity index (χ1) is 12.5. The van der Waals surface area contributed by atoms with Crippen molar-refractivity contribution in [1.29, 1.82) is 0 Å². The molecule has 0 saturated heterocycles. The normalized spacial score (nSPS) is 19.8. The van der Waals surface area contributed by atoms with Crippen LogP contribution in [0.25, 0.3) is 12.2 Å². The van der Waals surface area contributed by atoms with Crippen LogP contribution >= 0.6 is 0 Å². The number of aryl methyl sites for hydroxylation is 1. The van der Waals surface area contributed by atoms with Gasteiger partial charge in [0.15, 0.2) is 0 Å². The van der Waals surface area contributed by atoms with Gasteiger partial charge < -0.3 is 4.74 Å². The van der Waals surface area contributed by atoms with Gasteiger partial charge in [-0.1, -0.05) is 41.1 Å². The average molecular weight is 369 g/mol. The van der Waals surface area contributed by atoms with E-state index in [1.165, 1.54) is 12.1 Å². The largest absolute Gasteiger partial charge is 0.483 e. The van der Waals surface area contributed by atoms with E-state index in [0.29, 0.717) is 5.71 Å². The zero-order chi connectivity index (χ0) is 18.3. The first-order valence-corrected chi connectivity index (χ1v) is 9.95. The van der Waals surface area contributed by atoms with Crippen molar-refractivity contribution >= 4 is 28.0 Å². The number of hydrogen-bond donors (Lipinski definition) is 0. The maximum absolute atomic E-state index is 12.4. The maximum Gasteiger partial charge on any atom is 0.358 e. The Balaban J connectivity index is 1.71. The molecule has 0 amide bonds. The monoisotopic (exact) mass is 369 g/mol. The lowest BCUT2D eigenvalue weighted by atomic mass is 10.0. The quantitative estimate of drug-likeness (QED) is 0.779. The third-order valence-electron chi connectivity index (χ3n) is 4.61. The molecule has 1 aliphatic heterocycles. The molecule has 0 bridgehead atoms. The summed E-state index contributed by atoms with van der Waals surface area (Å²) < 4.78 is 35.7. The molecule has 2 aliphatic rings. The molecular formula is C20H19NO4S. The molecule has 1 atom stereocenters. The fourth-order valence-corrected chi connectivity index (χ4v) is 3.94. The number of hydrogen-bond acceptors (Lipinski definition) is 5. The summed E-state index contributed by atoms with van der Waals surface area (Å²) in [5.41, 5.74) is 2.24. The van der Waals surface area contributed by atoms with Gasteiger partial charge in [-0.15, -0.1) is 0 Å². The molecule has 26 heavy (non-hydrogen) atoms. The van der Waals surface area contributed by atoms with Gasteiger partial charge in [-0.2, -0.15) is 8.42 Å². The number of nitrogens with zero attached hydrogens (tertiary/aromatic N) is 1. The van der Waals surface area contributed by atoms with E-state index in [1.807, 2.05) is 26.0 Å². The predicted octanol–water partition coefficient (Wildman–Crippen LogP) is 2.24. The maximum atomic E-state index is 12.4. The first kappa shape index (κ1) is 16.8. The molecule has 0 N–H and O–H groups in total. The van der Waals surface area contributed by atoms with Crippen molar-refractivity contribution in [2.75, 3.05) is 0 Å². The molecule has 5 nitrogen and oxygen atoms in total. The molecule has 1 unspecified atom stereocenters. The van der Waals surface area contributed by atoms with E-state index < -0.39 is 10.1 Å². The van der Waals surface area contributed by atoms with Gasteiger partial charge in [-0.3, -0.25) is 4.28 Å². The van der Waals surface area contributed by atoms with Crippen molar-refractivity contribution in [3.63, 3.8) is 0 Å². The van der Waals surface area contributed by atoms with Crippen molar-refractivity contribution in [2.24, 2.45) is 5.16 Å². The number of ether oxygens (including phenoxy) is 1. The van der Waals surface area contributed by atoms with Crippen LogP contribution in [0, 0.1) is 6.92 Å². The Labute approximate surface area is 152 Å². The van der Waals surface area contributed by atoms with E-state index in [1.54, 1.807) is 12.1 Å². The highest BCUT2D eigenvalue weighted by Crippen LogP contribution is 2.26. The molecule has 1 aliphatic carbocycles. The zero-order valence-corrected chi connectivity index (χ0v) is 15.4. The van der Waals surface area contributed by atoms with Gasteiger partial charge in [-0.05, 0) is 50.1 Å². The molecule has 2 aromatic rings. The van der Waals surface area contributed by atoms with E-state index in [9.17, 15) is 8.42 Å². The van der Waals surface area contributed by atoms with Gasteiger partial charge in [0.05, 0.1) is 0 Å². The highest BCUT2D eigenvalue weighted by Gasteiger charge is 2.30. The van der Waals surface area contributed by atoms with Crippen LogP contribution < -0.4 is 15.2 Å². The zero-order valence-electron chi connectivity index (χ0n) is 14.6. The summed E-state index contributed by atoms with van der Waals surface area (Å²) in [6, 6.07) is 10.4. The van der Waals surface area contributed by atoms with E-state index in [0.717, 1.165) is 40.2 Å². The molecule has 1 heterocycles. The number of fused-ring (bicyclic) bond motifs is 3. The van der Waals surface area contributed by atoms with Gasteiger partial charge in [-0.25, -0.2) is 0 Å². The Bertz CT molecular complexity index is 1120. The summed E-state index contributed by atoms with van der Waals surface area (Å²) in [7, 11) is -3.96. The van der Waals surface area contributed by atoms with Crippen LogP contribution in [-0.2, 0) is 14.4 Å². The fourth-order valence-electron chi connectivity index (χ4n) is 3.21. The van der Waals surface area contributed by atoms with Gasteiger partial charge in [0.2, 0.25) is 0 Å². The molecule has 0 spiro atoms. The minimum absolute atomic E-state index is 0.0765. The first-order valence-electron chi connectivity index (χ1n) is 8.54. The molecule has 2 aromatic carbocycles. The highest BCUT2D eigenvalue weighted by molar-refractivity contribution is 7.86. The lowest BCUT2D eigenvalue weighted by Crippen LogP contribution is -2.28. The molecule has 134 valence electrons. The van der Waals surface area contributed by atoms with Gasteiger partial charge in [0, 0.05) is 10.8 Å². The third kappa shape index (κ3) is 2.90. The van der Waals surface area contributed by atoms with Crippen molar-refractivity contribution < 1.29 is 17.4 Å². The second-order valence-electron chi connectivity index (χ2n) is 6.51. The van der Waals surface area contributed by atoms with Gasteiger partial charge in [0.25, 0.3) is 0 Å². The Morgan fingerprint density at radius 2 is 1.81 bits per heavy atom. The summed E-state index contributed by atoms with van der Waals surface area (Å²) >= 11 is 0. The van der Waals surface area contributed by atoms with Crippen LogP contribution in [0.4, 0.5) is 0 Å². The van der Waals surface area contributed by atoms with E-state index >= 15 is 0 Å². The van der Waals surface area contributed by atoms with Crippen LogP contribution in [0.15, 0.2) is 46.4 Å². The Kier molecular flexibility index (Phi) is 4.07. The Morgan fingerprint density at radius 3 is 2.58 bits per heavy atom. The number of benzene rings is 2. The summed E-state index contributed by atoms with van der Waals surface area (Å²) in [5.74, 6) is 0.751. The number of oxime groups is 1. The van der Waals surface area contributed by atoms with Crippen LogP contribution in [0.2, 0.25) is 0 Å². The molecule has 0 saturated carbocycles. The van der Waals surface area contributed by atoms with Crippen molar-refractivity contribution in [2.45, 2.75) is 37.7 Å². The lowest BCUT2D eigenvalue weighted by Gasteiger charge is -2.06. The van der Waals surface area contributed by atoms with Crippen molar-refractivity contribution in [3.05, 3.63) is 58.0 Å². The number of rotatable bonds is 3. The summed E-state index contributed by atoms with van der Waals surface area (Å²) in [4.78, 5) is 0.0765. The molecule has 0 fully saturated rings. The average Bonchev–Trinajstić information content (AvgIpc) is 2.96. The summed E-state index contributed by atoms with van der Waals surface area (Å²) in [6.45, 7) is 3.72. The molecule has 0 aromatic heterocycles. The predicted molar refractivity (Wildman–Crippen MR) is 99.9 cm³/mol.